The third-order valence-corrected chi connectivity index (χ3v) is 7.57. The molecule has 0 atom stereocenters. The van der Waals surface area contributed by atoms with Gasteiger partial charge in [0.1, 0.15) is 0 Å². The summed E-state index contributed by atoms with van der Waals surface area (Å²) in [5, 5.41) is 5.89. The molecule has 0 rings (SSSR count). The highest BCUT2D eigenvalue weighted by atomic mass is 16.2. The Bertz CT molecular complexity index is 747. The highest BCUT2D eigenvalue weighted by Crippen LogP contribution is 2.11. The summed E-state index contributed by atoms with van der Waals surface area (Å²) in [5.41, 5.74) is 0. The van der Waals surface area contributed by atoms with Crippen molar-refractivity contribution in [1.29, 1.82) is 0 Å². The molecule has 0 fully saturated rings. The number of ketones is 1. The smallest absolute Gasteiger partial charge is 0.243 e. The molecule has 0 unspecified atom stereocenters. The van der Waals surface area contributed by atoms with Gasteiger partial charge in [-0.05, 0) is 50.7 Å². The van der Waals surface area contributed by atoms with Crippen LogP contribution in [0.15, 0.2) is 25.3 Å². The Balaban J connectivity index is 3.89. The first-order valence-corrected chi connectivity index (χ1v) is 15.0. The first-order chi connectivity index (χ1) is 18.2. The summed E-state index contributed by atoms with van der Waals surface area (Å²) in [6.07, 6.45) is 12.8. The summed E-state index contributed by atoms with van der Waals surface area (Å²) in [6, 6.07) is 0. The molecule has 8 heteroatoms. The fourth-order valence-electron chi connectivity index (χ4n) is 4.73. The van der Waals surface area contributed by atoms with Gasteiger partial charge in [-0.25, -0.2) is 0 Å². The van der Waals surface area contributed by atoms with E-state index in [-0.39, 0.29) is 17.6 Å². The van der Waals surface area contributed by atoms with E-state index in [0.717, 1.165) is 71.9 Å². The SMILES string of the molecule is C=CC(=O)CCCC[N+](C)(C)CCCCCC[N+](C)(C)CCCNC(=O)CC[N+](C)(C)CCCNC(=O)C=C. The molecule has 0 bridgehead atoms. The largest absolute Gasteiger partial charge is 0.356 e. The van der Waals surface area contributed by atoms with E-state index in [1.807, 2.05) is 0 Å². The maximum Gasteiger partial charge on any atom is 0.243 e. The molecule has 0 aromatic heterocycles. The molecule has 0 aliphatic carbocycles. The normalized spacial score (nSPS) is 12.2. The fraction of sp³-hybridized carbons (Fsp3) is 0.774. The Hall–Kier alpha value is -2.03. The van der Waals surface area contributed by atoms with Crippen molar-refractivity contribution in [3.8, 4) is 0 Å². The number of amides is 2. The van der Waals surface area contributed by atoms with E-state index in [9.17, 15) is 14.4 Å². The molecule has 0 saturated heterocycles. The molecular formula is C31H62N5O3+3. The third-order valence-electron chi connectivity index (χ3n) is 7.57. The van der Waals surface area contributed by atoms with Gasteiger partial charge >= 0.3 is 0 Å². The van der Waals surface area contributed by atoms with Gasteiger partial charge in [0.2, 0.25) is 11.8 Å². The van der Waals surface area contributed by atoms with Gasteiger partial charge in [-0.1, -0.05) is 13.2 Å². The Morgan fingerprint density at radius 2 is 0.974 bits per heavy atom. The predicted octanol–water partition coefficient (Wildman–Crippen LogP) is 3.29. The van der Waals surface area contributed by atoms with Gasteiger partial charge in [-0.15, -0.1) is 0 Å². The number of hydrogen-bond acceptors (Lipinski definition) is 3. The van der Waals surface area contributed by atoms with E-state index in [1.54, 1.807) is 0 Å². The summed E-state index contributed by atoms with van der Waals surface area (Å²) < 4.78 is 2.78. The van der Waals surface area contributed by atoms with Crippen molar-refractivity contribution >= 4 is 17.6 Å². The lowest BCUT2D eigenvalue weighted by molar-refractivity contribution is -0.891. The number of quaternary nitrogens is 3. The molecular weight excluding hydrogens is 490 g/mol. The molecule has 0 spiro atoms. The van der Waals surface area contributed by atoms with E-state index in [1.165, 1.54) is 50.9 Å². The quantitative estimate of drug-likeness (QED) is 0.104. The van der Waals surface area contributed by atoms with Gasteiger partial charge in [0, 0.05) is 32.4 Å². The third kappa shape index (κ3) is 22.5. The summed E-state index contributed by atoms with van der Waals surface area (Å²) in [5.74, 6) is 0.138. The highest BCUT2D eigenvalue weighted by Gasteiger charge is 2.18. The number of allylic oxidation sites excluding steroid dienone is 1. The zero-order valence-electron chi connectivity index (χ0n) is 26.4. The second kappa shape index (κ2) is 19.9. The van der Waals surface area contributed by atoms with Crippen molar-refractivity contribution in [1.82, 2.24) is 10.6 Å². The van der Waals surface area contributed by atoms with Crippen LogP contribution in [0.25, 0.3) is 0 Å². The lowest BCUT2D eigenvalue weighted by atomic mass is 10.1. The molecule has 0 heterocycles. The van der Waals surface area contributed by atoms with Crippen LogP contribution in [-0.2, 0) is 14.4 Å². The van der Waals surface area contributed by atoms with E-state index < -0.39 is 0 Å². The molecule has 0 aliphatic heterocycles. The summed E-state index contributed by atoms with van der Waals surface area (Å²) >= 11 is 0. The summed E-state index contributed by atoms with van der Waals surface area (Å²) in [7, 11) is 13.4. The average Bonchev–Trinajstić information content (AvgIpc) is 2.87. The first-order valence-electron chi connectivity index (χ1n) is 15.0. The predicted molar refractivity (Wildman–Crippen MR) is 163 cm³/mol. The minimum Gasteiger partial charge on any atom is -0.356 e. The van der Waals surface area contributed by atoms with Crippen LogP contribution in [0.1, 0.15) is 64.2 Å². The number of unbranched alkanes of at least 4 members (excludes halogenated alkanes) is 4. The molecule has 39 heavy (non-hydrogen) atoms. The Morgan fingerprint density at radius 1 is 0.538 bits per heavy atom. The Morgan fingerprint density at radius 3 is 1.46 bits per heavy atom. The molecule has 0 aromatic carbocycles. The lowest BCUT2D eigenvalue weighted by Crippen LogP contribution is -2.44. The highest BCUT2D eigenvalue weighted by molar-refractivity contribution is 5.88. The monoisotopic (exact) mass is 552 g/mol. The van der Waals surface area contributed by atoms with Crippen LogP contribution >= 0.6 is 0 Å². The molecule has 0 saturated carbocycles. The number of nitrogens with one attached hydrogen (secondary N) is 2. The molecule has 2 N–H and O–H groups in total. The van der Waals surface area contributed by atoms with Crippen LogP contribution in [0.5, 0.6) is 0 Å². The minimum atomic E-state index is -0.140. The topological polar surface area (TPSA) is 75.3 Å². The van der Waals surface area contributed by atoms with E-state index in [2.05, 4.69) is 66.1 Å². The number of carbonyl (C=O) groups excluding carboxylic acids is 3. The number of hydrogen-bond donors (Lipinski definition) is 2. The standard InChI is InChI=1S/C31H60N5O3/c1-9-29(37)19-13-16-25-34(3,4)23-14-11-12-15-24-35(5,6)26-18-22-33-31(39)20-28-36(7,8)27-17-21-32-30(38)10-2/h9-10H,1-2,11-28H2,3-8H3/q+1/p+2. The molecule has 0 aliphatic rings. The zero-order chi connectivity index (χ0) is 29.8. The lowest BCUT2D eigenvalue weighted by Gasteiger charge is -2.31. The van der Waals surface area contributed by atoms with Gasteiger partial charge in [0.15, 0.2) is 5.78 Å². The van der Waals surface area contributed by atoms with Gasteiger partial charge in [0.05, 0.1) is 88.0 Å². The molecule has 2 amide bonds. The molecule has 226 valence electrons. The minimum absolute atomic E-state index is 0.123. The van der Waals surface area contributed by atoms with Crippen molar-refractivity contribution in [3.63, 3.8) is 0 Å². The van der Waals surface area contributed by atoms with Crippen LogP contribution in [-0.4, -0.2) is 126 Å². The number of carbonyl (C=O) groups is 3. The Kier molecular flexibility index (Phi) is 18.9. The van der Waals surface area contributed by atoms with Crippen molar-refractivity contribution in [2.24, 2.45) is 0 Å². The van der Waals surface area contributed by atoms with Crippen molar-refractivity contribution in [2.45, 2.75) is 64.2 Å². The number of rotatable bonds is 25. The zero-order valence-corrected chi connectivity index (χ0v) is 26.4. The second-order valence-corrected chi connectivity index (χ2v) is 13.0. The second-order valence-electron chi connectivity index (χ2n) is 13.0. The van der Waals surface area contributed by atoms with Crippen LogP contribution < -0.4 is 10.6 Å². The van der Waals surface area contributed by atoms with E-state index >= 15 is 0 Å². The van der Waals surface area contributed by atoms with Gasteiger partial charge in [-0.2, -0.15) is 0 Å². The first kappa shape index (κ1) is 37.0. The summed E-state index contributed by atoms with van der Waals surface area (Å²) in [6.45, 7) is 14.6. The van der Waals surface area contributed by atoms with Gasteiger partial charge in [0.25, 0.3) is 0 Å². The summed E-state index contributed by atoms with van der Waals surface area (Å²) in [4.78, 5) is 34.9. The van der Waals surface area contributed by atoms with Gasteiger partial charge < -0.3 is 24.1 Å². The molecule has 0 radical (unpaired) electrons. The number of nitrogens with zero attached hydrogens (tertiary/aromatic N) is 3. The van der Waals surface area contributed by atoms with Crippen LogP contribution in [0.4, 0.5) is 0 Å². The molecule has 0 aromatic rings. The Labute approximate surface area is 240 Å². The maximum absolute atomic E-state index is 12.3. The van der Waals surface area contributed by atoms with Crippen molar-refractivity contribution < 1.29 is 27.8 Å². The van der Waals surface area contributed by atoms with Crippen molar-refractivity contribution in [3.05, 3.63) is 25.3 Å². The van der Waals surface area contributed by atoms with Crippen LogP contribution in [0.2, 0.25) is 0 Å². The molecule has 8 nitrogen and oxygen atoms in total. The van der Waals surface area contributed by atoms with Crippen molar-refractivity contribution in [2.75, 3.05) is 94.6 Å². The van der Waals surface area contributed by atoms with Gasteiger partial charge in [-0.3, -0.25) is 14.4 Å². The van der Waals surface area contributed by atoms with Crippen LogP contribution in [0, 0.1) is 0 Å². The average molecular weight is 553 g/mol. The fourth-order valence-corrected chi connectivity index (χ4v) is 4.73. The maximum atomic E-state index is 12.3. The van der Waals surface area contributed by atoms with Crippen LogP contribution in [0.3, 0.4) is 0 Å². The van der Waals surface area contributed by atoms with E-state index in [0.29, 0.717) is 19.4 Å². The van der Waals surface area contributed by atoms with E-state index in [4.69, 9.17) is 0 Å².